The topological polar surface area (TPSA) is 99.8 Å². The zero-order valence-corrected chi connectivity index (χ0v) is 13.1. The van der Waals surface area contributed by atoms with Gasteiger partial charge in [0.2, 0.25) is 0 Å². The summed E-state index contributed by atoms with van der Waals surface area (Å²) in [5.41, 5.74) is 3.42. The zero-order chi connectivity index (χ0) is 17.5. The molecule has 0 bridgehead atoms. The summed E-state index contributed by atoms with van der Waals surface area (Å²) in [6.45, 7) is 0.395. The minimum absolute atomic E-state index is 0.240. The summed E-state index contributed by atoms with van der Waals surface area (Å²) in [5.74, 6) is -0.728. The molecule has 124 valence electrons. The molecule has 0 atom stereocenters. The maximum atomic E-state index is 12.8. The Morgan fingerprint density at radius 3 is 2.71 bits per heavy atom. The number of thiocarbonyl (C=S) groups is 1. The molecule has 24 heavy (non-hydrogen) atoms. The largest absolute Gasteiger partial charge is 0.502 e. The van der Waals surface area contributed by atoms with Crippen molar-refractivity contribution in [2.75, 3.05) is 0 Å². The second-order valence-corrected chi connectivity index (χ2v) is 5.09. The SMILES string of the molecule is O=[N+]([O-])c1cc(/C=N\NC(=S)NCc2ccc(F)cc2)ccc1O. The molecular weight excluding hydrogens is 335 g/mol. The van der Waals surface area contributed by atoms with E-state index in [0.29, 0.717) is 12.1 Å². The van der Waals surface area contributed by atoms with Crippen LogP contribution in [0.15, 0.2) is 47.6 Å². The average molecular weight is 348 g/mol. The Bertz CT molecular complexity index is 781. The van der Waals surface area contributed by atoms with E-state index in [0.717, 1.165) is 5.56 Å². The first kappa shape index (κ1) is 17.3. The van der Waals surface area contributed by atoms with Gasteiger partial charge in [-0.25, -0.2) is 4.39 Å². The van der Waals surface area contributed by atoms with Crippen LogP contribution in [0.4, 0.5) is 10.1 Å². The number of halogens is 1. The number of phenols is 1. The highest BCUT2D eigenvalue weighted by Gasteiger charge is 2.12. The van der Waals surface area contributed by atoms with E-state index in [1.807, 2.05) is 0 Å². The highest BCUT2D eigenvalue weighted by Crippen LogP contribution is 2.25. The van der Waals surface area contributed by atoms with Gasteiger partial charge in [-0.05, 0) is 42.0 Å². The third-order valence-corrected chi connectivity index (χ3v) is 3.18. The summed E-state index contributed by atoms with van der Waals surface area (Å²) >= 11 is 5.02. The Kier molecular flexibility index (Phi) is 5.74. The molecule has 9 heteroatoms. The molecule has 2 aromatic rings. The quantitative estimate of drug-likeness (QED) is 0.332. The molecule has 0 spiro atoms. The molecule has 3 N–H and O–H groups in total. The van der Waals surface area contributed by atoms with Crippen molar-refractivity contribution in [3.8, 4) is 5.75 Å². The summed E-state index contributed by atoms with van der Waals surface area (Å²) < 4.78 is 12.8. The van der Waals surface area contributed by atoms with Crippen molar-refractivity contribution in [2.45, 2.75) is 6.54 Å². The Hall–Kier alpha value is -3.07. The third kappa shape index (κ3) is 4.99. The van der Waals surface area contributed by atoms with E-state index in [-0.39, 0.29) is 10.9 Å². The fourth-order valence-corrected chi connectivity index (χ4v) is 1.88. The molecule has 0 saturated carbocycles. The first-order chi connectivity index (χ1) is 11.5. The number of nitro groups is 1. The standard InChI is InChI=1S/C15H13FN4O3S/c16-12-4-1-10(2-5-12)8-17-15(24)19-18-9-11-3-6-14(21)13(7-11)20(22)23/h1-7,9,21H,8H2,(H2,17,19,24)/b18-9-. The van der Waals surface area contributed by atoms with Gasteiger partial charge >= 0.3 is 5.69 Å². The van der Waals surface area contributed by atoms with Crippen LogP contribution in [-0.2, 0) is 6.54 Å². The van der Waals surface area contributed by atoms with Crippen molar-refractivity contribution in [1.82, 2.24) is 10.7 Å². The van der Waals surface area contributed by atoms with Crippen molar-refractivity contribution in [1.29, 1.82) is 0 Å². The van der Waals surface area contributed by atoms with Gasteiger partial charge in [0.05, 0.1) is 11.1 Å². The number of phenolic OH excluding ortho intramolecular Hbond substituents is 1. The first-order valence-corrected chi connectivity index (χ1v) is 7.15. The maximum absolute atomic E-state index is 12.8. The molecule has 0 aliphatic carbocycles. The lowest BCUT2D eigenvalue weighted by Gasteiger charge is -2.06. The van der Waals surface area contributed by atoms with Crippen LogP contribution in [-0.4, -0.2) is 21.4 Å². The number of hydrogen-bond donors (Lipinski definition) is 3. The van der Waals surface area contributed by atoms with Crippen molar-refractivity contribution in [3.05, 3.63) is 69.5 Å². The van der Waals surface area contributed by atoms with Gasteiger partial charge in [-0.3, -0.25) is 15.5 Å². The number of nitro benzene ring substituents is 1. The second-order valence-electron chi connectivity index (χ2n) is 4.68. The predicted molar refractivity (Wildman–Crippen MR) is 91.3 cm³/mol. The number of rotatable bonds is 5. The van der Waals surface area contributed by atoms with Gasteiger partial charge in [0.1, 0.15) is 5.82 Å². The van der Waals surface area contributed by atoms with Crippen LogP contribution in [0, 0.1) is 15.9 Å². The van der Waals surface area contributed by atoms with E-state index in [2.05, 4.69) is 15.8 Å². The molecule has 0 amide bonds. The number of hydrazone groups is 1. The van der Waals surface area contributed by atoms with Crippen LogP contribution < -0.4 is 10.7 Å². The van der Waals surface area contributed by atoms with Crippen molar-refractivity contribution >= 4 is 29.2 Å². The summed E-state index contributed by atoms with van der Waals surface area (Å²) in [4.78, 5) is 10.0. The molecular formula is C15H13FN4O3S. The Labute approximate surface area is 142 Å². The normalized spacial score (nSPS) is 10.5. The number of hydrogen-bond acceptors (Lipinski definition) is 5. The van der Waals surface area contributed by atoms with Gasteiger partial charge in [-0.1, -0.05) is 12.1 Å². The summed E-state index contributed by atoms with van der Waals surface area (Å²) in [5, 5.41) is 27.1. The van der Waals surface area contributed by atoms with Crippen molar-refractivity contribution in [2.24, 2.45) is 5.10 Å². The fraction of sp³-hybridized carbons (Fsp3) is 0.0667. The monoisotopic (exact) mass is 348 g/mol. The van der Waals surface area contributed by atoms with E-state index in [1.54, 1.807) is 12.1 Å². The highest BCUT2D eigenvalue weighted by molar-refractivity contribution is 7.80. The maximum Gasteiger partial charge on any atom is 0.311 e. The van der Waals surface area contributed by atoms with Crippen LogP contribution in [0.25, 0.3) is 0 Å². The molecule has 0 aromatic heterocycles. The van der Waals surface area contributed by atoms with E-state index >= 15 is 0 Å². The molecule has 0 radical (unpaired) electrons. The third-order valence-electron chi connectivity index (χ3n) is 2.94. The molecule has 0 fully saturated rings. The lowest BCUT2D eigenvalue weighted by molar-refractivity contribution is -0.385. The Morgan fingerprint density at radius 1 is 1.33 bits per heavy atom. The predicted octanol–water partition coefficient (Wildman–Crippen LogP) is 2.44. The minimum Gasteiger partial charge on any atom is -0.502 e. The molecule has 0 aliphatic heterocycles. The number of nitrogens with one attached hydrogen (secondary N) is 2. The fourth-order valence-electron chi connectivity index (χ4n) is 1.76. The molecule has 0 unspecified atom stereocenters. The van der Waals surface area contributed by atoms with Crippen LogP contribution in [0.2, 0.25) is 0 Å². The van der Waals surface area contributed by atoms with E-state index < -0.39 is 16.4 Å². The lowest BCUT2D eigenvalue weighted by Crippen LogP contribution is -2.31. The van der Waals surface area contributed by atoms with Gasteiger partial charge in [-0.2, -0.15) is 5.10 Å². The molecule has 0 heterocycles. The van der Waals surface area contributed by atoms with Gasteiger partial charge in [-0.15, -0.1) is 0 Å². The van der Waals surface area contributed by atoms with E-state index in [1.165, 1.54) is 36.5 Å². The second kappa shape index (κ2) is 7.97. The van der Waals surface area contributed by atoms with Crippen LogP contribution in [0.3, 0.4) is 0 Å². The minimum atomic E-state index is -0.686. The van der Waals surface area contributed by atoms with Gasteiger partial charge in [0, 0.05) is 18.2 Å². The Morgan fingerprint density at radius 2 is 2.04 bits per heavy atom. The summed E-state index contributed by atoms with van der Waals surface area (Å²) in [6, 6.07) is 9.84. The molecule has 2 rings (SSSR count). The summed E-state index contributed by atoms with van der Waals surface area (Å²) in [7, 11) is 0. The van der Waals surface area contributed by atoms with Crippen molar-refractivity contribution < 1.29 is 14.4 Å². The number of nitrogens with zero attached hydrogens (tertiary/aromatic N) is 2. The van der Waals surface area contributed by atoms with Crippen molar-refractivity contribution in [3.63, 3.8) is 0 Å². The van der Waals surface area contributed by atoms with Crippen LogP contribution in [0.5, 0.6) is 5.75 Å². The van der Waals surface area contributed by atoms with E-state index in [4.69, 9.17) is 12.2 Å². The van der Waals surface area contributed by atoms with Gasteiger partial charge in [0.15, 0.2) is 10.9 Å². The Balaban J connectivity index is 1.87. The van der Waals surface area contributed by atoms with E-state index in [9.17, 15) is 19.6 Å². The molecule has 0 saturated heterocycles. The molecule has 2 aromatic carbocycles. The number of aromatic hydroxyl groups is 1. The first-order valence-electron chi connectivity index (χ1n) is 6.74. The summed E-state index contributed by atoms with van der Waals surface area (Å²) in [6.07, 6.45) is 1.33. The molecule has 7 nitrogen and oxygen atoms in total. The number of benzene rings is 2. The average Bonchev–Trinajstić information content (AvgIpc) is 2.55. The highest BCUT2D eigenvalue weighted by atomic mass is 32.1. The van der Waals surface area contributed by atoms with Crippen LogP contribution >= 0.6 is 12.2 Å². The smallest absolute Gasteiger partial charge is 0.311 e. The van der Waals surface area contributed by atoms with Crippen LogP contribution in [0.1, 0.15) is 11.1 Å². The molecule has 0 aliphatic rings. The zero-order valence-electron chi connectivity index (χ0n) is 12.3. The van der Waals surface area contributed by atoms with Gasteiger partial charge in [0.25, 0.3) is 0 Å². The van der Waals surface area contributed by atoms with Gasteiger partial charge < -0.3 is 10.4 Å². The lowest BCUT2D eigenvalue weighted by atomic mass is 10.2.